The summed E-state index contributed by atoms with van der Waals surface area (Å²) < 4.78 is 5.49. The van der Waals surface area contributed by atoms with Gasteiger partial charge in [-0.3, -0.25) is 0 Å². The normalized spacial score (nSPS) is 20.2. The third kappa shape index (κ3) is 4.40. The first-order valence-corrected chi connectivity index (χ1v) is 6.63. The molecule has 0 atom stereocenters. The van der Waals surface area contributed by atoms with Gasteiger partial charge in [-0.25, -0.2) is 0 Å². The van der Waals surface area contributed by atoms with E-state index in [4.69, 9.17) is 4.74 Å². The van der Waals surface area contributed by atoms with Crippen LogP contribution in [0.1, 0.15) is 32.6 Å². The first-order valence-electron chi connectivity index (χ1n) is 6.63. The van der Waals surface area contributed by atoms with E-state index in [0.29, 0.717) is 5.41 Å². The third-order valence-electron chi connectivity index (χ3n) is 3.60. The molecule has 0 aromatic heterocycles. The second-order valence-corrected chi connectivity index (χ2v) is 5.23. The molecule has 0 bridgehead atoms. The molecule has 0 radical (unpaired) electrons. The molecule has 16 heavy (non-hydrogen) atoms. The zero-order valence-corrected chi connectivity index (χ0v) is 11.2. The predicted molar refractivity (Wildman–Crippen MR) is 68.8 cm³/mol. The standard InChI is InChI=1S/C13H28N2O/c1-4-5-8-15(3)12-13(11-14-2)6-9-16-10-7-13/h14H,4-12H2,1-3H3. The van der Waals surface area contributed by atoms with Crippen LogP contribution in [0, 0.1) is 5.41 Å². The van der Waals surface area contributed by atoms with Gasteiger partial charge in [0.15, 0.2) is 0 Å². The van der Waals surface area contributed by atoms with Gasteiger partial charge in [0.05, 0.1) is 0 Å². The van der Waals surface area contributed by atoms with Gasteiger partial charge in [0.1, 0.15) is 0 Å². The fourth-order valence-electron chi connectivity index (χ4n) is 2.65. The zero-order valence-electron chi connectivity index (χ0n) is 11.2. The molecular weight excluding hydrogens is 200 g/mol. The van der Waals surface area contributed by atoms with Crippen molar-refractivity contribution in [1.29, 1.82) is 0 Å². The average molecular weight is 228 g/mol. The van der Waals surface area contributed by atoms with Crippen LogP contribution >= 0.6 is 0 Å². The van der Waals surface area contributed by atoms with Gasteiger partial charge >= 0.3 is 0 Å². The highest BCUT2D eigenvalue weighted by Gasteiger charge is 2.32. The molecule has 0 spiro atoms. The SMILES string of the molecule is CCCCN(C)CC1(CNC)CCOCC1. The monoisotopic (exact) mass is 228 g/mol. The lowest BCUT2D eigenvalue weighted by molar-refractivity contribution is 0.000195. The van der Waals surface area contributed by atoms with Crippen molar-refractivity contribution in [3.63, 3.8) is 0 Å². The molecule has 1 N–H and O–H groups in total. The minimum Gasteiger partial charge on any atom is -0.381 e. The Morgan fingerprint density at radius 1 is 1.31 bits per heavy atom. The maximum atomic E-state index is 5.49. The van der Waals surface area contributed by atoms with E-state index < -0.39 is 0 Å². The molecule has 1 fully saturated rings. The third-order valence-corrected chi connectivity index (χ3v) is 3.60. The number of unbranched alkanes of at least 4 members (excludes halogenated alkanes) is 1. The molecule has 0 aliphatic carbocycles. The number of nitrogens with one attached hydrogen (secondary N) is 1. The number of hydrogen-bond donors (Lipinski definition) is 1. The lowest BCUT2D eigenvalue weighted by Gasteiger charge is -2.40. The number of nitrogens with zero attached hydrogens (tertiary/aromatic N) is 1. The fourth-order valence-corrected chi connectivity index (χ4v) is 2.65. The van der Waals surface area contributed by atoms with Crippen LogP contribution in [-0.2, 0) is 4.74 Å². The van der Waals surface area contributed by atoms with Crippen molar-refractivity contribution in [2.45, 2.75) is 32.6 Å². The summed E-state index contributed by atoms with van der Waals surface area (Å²) in [6.07, 6.45) is 4.99. The molecule has 96 valence electrons. The van der Waals surface area contributed by atoms with Crippen LogP contribution in [0.25, 0.3) is 0 Å². The van der Waals surface area contributed by atoms with E-state index >= 15 is 0 Å². The van der Waals surface area contributed by atoms with E-state index in [0.717, 1.165) is 19.8 Å². The molecule has 1 aliphatic heterocycles. The Bertz CT molecular complexity index is 173. The second-order valence-electron chi connectivity index (χ2n) is 5.23. The molecule has 1 aliphatic rings. The maximum absolute atomic E-state index is 5.49. The Kier molecular flexibility index (Phi) is 6.32. The number of ether oxygens (including phenoxy) is 1. The van der Waals surface area contributed by atoms with Gasteiger partial charge in [-0.05, 0) is 45.3 Å². The minimum atomic E-state index is 0.440. The summed E-state index contributed by atoms with van der Waals surface area (Å²) in [5.74, 6) is 0. The topological polar surface area (TPSA) is 24.5 Å². The number of hydrogen-bond acceptors (Lipinski definition) is 3. The van der Waals surface area contributed by atoms with Crippen molar-refractivity contribution in [3.8, 4) is 0 Å². The first-order chi connectivity index (χ1) is 7.72. The van der Waals surface area contributed by atoms with Crippen LogP contribution in [0.5, 0.6) is 0 Å². The van der Waals surface area contributed by atoms with Crippen molar-refractivity contribution in [1.82, 2.24) is 10.2 Å². The van der Waals surface area contributed by atoms with Crippen LogP contribution in [-0.4, -0.2) is 51.8 Å². The molecule has 3 nitrogen and oxygen atoms in total. The van der Waals surface area contributed by atoms with Crippen LogP contribution < -0.4 is 5.32 Å². The maximum Gasteiger partial charge on any atom is 0.0472 e. The van der Waals surface area contributed by atoms with E-state index in [2.05, 4.69) is 31.2 Å². The van der Waals surface area contributed by atoms with Crippen LogP contribution in [0.15, 0.2) is 0 Å². The highest BCUT2D eigenvalue weighted by molar-refractivity contribution is 4.86. The van der Waals surface area contributed by atoms with E-state index in [1.807, 2.05) is 0 Å². The van der Waals surface area contributed by atoms with Gasteiger partial charge in [0, 0.05) is 26.3 Å². The summed E-state index contributed by atoms with van der Waals surface area (Å²) in [4.78, 5) is 2.49. The Labute approximate surface area is 101 Å². The van der Waals surface area contributed by atoms with Gasteiger partial charge in [-0.1, -0.05) is 13.3 Å². The molecule has 1 heterocycles. The predicted octanol–water partition coefficient (Wildman–Crippen LogP) is 1.73. The van der Waals surface area contributed by atoms with Gasteiger partial charge in [-0.15, -0.1) is 0 Å². The molecule has 3 heteroatoms. The Morgan fingerprint density at radius 2 is 2.00 bits per heavy atom. The van der Waals surface area contributed by atoms with Crippen LogP contribution in [0.4, 0.5) is 0 Å². The minimum absolute atomic E-state index is 0.440. The largest absolute Gasteiger partial charge is 0.381 e. The van der Waals surface area contributed by atoms with Crippen molar-refractivity contribution < 1.29 is 4.74 Å². The molecular formula is C13H28N2O. The lowest BCUT2D eigenvalue weighted by Crippen LogP contribution is -2.46. The zero-order chi connectivity index (χ0) is 11.9. The molecule has 1 saturated heterocycles. The molecule has 0 amide bonds. The summed E-state index contributed by atoms with van der Waals surface area (Å²) >= 11 is 0. The van der Waals surface area contributed by atoms with Crippen molar-refractivity contribution in [2.75, 3.05) is 46.9 Å². The second kappa shape index (κ2) is 7.25. The highest BCUT2D eigenvalue weighted by atomic mass is 16.5. The van der Waals surface area contributed by atoms with E-state index in [1.54, 1.807) is 0 Å². The van der Waals surface area contributed by atoms with Gasteiger partial charge < -0.3 is 15.0 Å². The van der Waals surface area contributed by atoms with Crippen molar-refractivity contribution in [3.05, 3.63) is 0 Å². The molecule has 0 aromatic rings. The molecule has 0 saturated carbocycles. The molecule has 1 rings (SSSR count). The highest BCUT2D eigenvalue weighted by Crippen LogP contribution is 2.30. The molecule has 0 aromatic carbocycles. The van der Waals surface area contributed by atoms with E-state index in [1.165, 1.54) is 38.8 Å². The summed E-state index contributed by atoms with van der Waals surface area (Å²) in [6, 6.07) is 0. The molecule has 0 unspecified atom stereocenters. The fraction of sp³-hybridized carbons (Fsp3) is 1.00. The Hall–Kier alpha value is -0.120. The first kappa shape index (κ1) is 13.9. The summed E-state index contributed by atoms with van der Waals surface area (Å²) in [5.41, 5.74) is 0.440. The van der Waals surface area contributed by atoms with Crippen molar-refractivity contribution in [2.24, 2.45) is 5.41 Å². The van der Waals surface area contributed by atoms with Gasteiger partial charge in [-0.2, -0.15) is 0 Å². The summed E-state index contributed by atoms with van der Waals surface area (Å²) in [7, 11) is 4.31. The van der Waals surface area contributed by atoms with E-state index in [9.17, 15) is 0 Å². The van der Waals surface area contributed by atoms with Crippen LogP contribution in [0.3, 0.4) is 0 Å². The summed E-state index contributed by atoms with van der Waals surface area (Å²) in [5, 5.41) is 3.36. The van der Waals surface area contributed by atoms with Gasteiger partial charge in [0.25, 0.3) is 0 Å². The average Bonchev–Trinajstić information content (AvgIpc) is 2.28. The lowest BCUT2D eigenvalue weighted by atomic mass is 9.79. The van der Waals surface area contributed by atoms with Crippen LogP contribution in [0.2, 0.25) is 0 Å². The van der Waals surface area contributed by atoms with E-state index in [-0.39, 0.29) is 0 Å². The summed E-state index contributed by atoms with van der Waals surface area (Å²) in [6.45, 7) is 7.67. The Balaban J connectivity index is 2.42. The van der Waals surface area contributed by atoms with Crippen molar-refractivity contribution >= 4 is 0 Å². The smallest absolute Gasteiger partial charge is 0.0472 e. The van der Waals surface area contributed by atoms with Gasteiger partial charge in [0.2, 0.25) is 0 Å². The quantitative estimate of drug-likeness (QED) is 0.718. The number of rotatable bonds is 7. The Morgan fingerprint density at radius 3 is 2.56 bits per heavy atom.